The van der Waals surface area contributed by atoms with E-state index in [9.17, 15) is 14.4 Å². The minimum Gasteiger partial charge on any atom is -0.292 e. The van der Waals surface area contributed by atoms with Crippen molar-refractivity contribution < 1.29 is 9.18 Å². The number of carbonyl (C=O) groups excluding carboxylic acids is 1. The Labute approximate surface area is 132 Å². The normalized spacial score (nSPS) is 11.7. The zero-order valence-corrected chi connectivity index (χ0v) is 13.3. The number of benzene rings is 2. The summed E-state index contributed by atoms with van der Waals surface area (Å²) in [6.45, 7) is 0. The van der Waals surface area contributed by atoms with Gasteiger partial charge in [0.25, 0.3) is 0 Å². The molecule has 0 saturated heterocycles. The molecule has 0 aliphatic rings. The lowest BCUT2D eigenvalue weighted by Gasteiger charge is -2.09. The van der Waals surface area contributed by atoms with E-state index in [1.165, 1.54) is 18.2 Å². The molecule has 2 aromatic rings. The Morgan fingerprint density at radius 1 is 1.20 bits per heavy atom. The van der Waals surface area contributed by atoms with Gasteiger partial charge in [-0.2, -0.15) is 5.26 Å². The summed E-state index contributed by atoms with van der Waals surface area (Å²) in [5, 5.41) is 9.25. The molecule has 2 nitrogen and oxygen atoms in total. The van der Waals surface area contributed by atoms with Crippen molar-refractivity contribution in [3.63, 3.8) is 0 Å². The number of ketones is 1. The van der Waals surface area contributed by atoms with Crippen molar-refractivity contribution in [1.29, 1.82) is 5.26 Å². The summed E-state index contributed by atoms with van der Waals surface area (Å²) in [6, 6.07) is 13.0. The average Bonchev–Trinajstić information content (AvgIpc) is 2.42. The third kappa shape index (κ3) is 3.14. The second kappa shape index (κ2) is 6.29. The van der Waals surface area contributed by atoms with Gasteiger partial charge < -0.3 is 0 Å². The molecule has 0 N–H and O–H groups in total. The SMILES string of the molecule is N#CC(C(=O)c1ccc(F)c(Br)c1)c1cccc(Br)c1. The summed E-state index contributed by atoms with van der Waals surface area (Å²) >= 11 is 6.34. The molecule has 20 heavy (non-hydrogen) atoms. The van der Waals surface area contributed by atoms with Crippen molar-refractivity contribution in [3.05, 3.63) is 68.4 Å². The van der Waals surface area contributed by atoms with E-state index in [-0.39, 0.29) is 10.3 Å². The van der Waals surface area contributed by atoms with Crippen LogP contribution in [-0.2, 0) is 0 Å². The molecule has 2 rings (SSSR count). The first-order valence-corrected chi connectivity index (χ1v) is 7.26. The van der Waals surface area contributed by atoms with Crippen LogP contribution < -0.4 is 0 Å². The van der Waals surface area contributed by atoms with Crippen LogP contribution in [0.25, 0.3) is 0 Å². The largest absolute Gasteiger partial charge is 0.292 e. The van der Waals surface area contributed by atoms with Gasteiger partial charge in [0.15, 0.2) is 5.78 Å². The van der Waals surface area contributed by atoms with Crippen molar-refractivity contribution in [2.24, 2.45) is 0 Å². The highest BCUT2D eigenvalue weighted by atomic mass is 79.9. The van der Waals surface area contributed by atoms with E-state index < -0.39 is 11.7 Å². The van der Waals surface area contributed by atoms with Gasteiger partial charge in [0.2, 0.25) is 0 Å². The Kier molecular flexibility index (Phi) is 4.69. The van der Waals surface area contributed by atoms with Gasteiger partial charge in [-0.15, -0.1) is 0 Å². The molecular formula is C15H8Br2FNO. The number of carbonyl (C=O) groups is 1. The molecule has 0 spiro atoms. The van der Waals surface area contributed by atoms with Gasteiger partial charge in [0, 0.05) is 10.0 Å². The van der Waals surface area contributed by atoms with E-state index in [1.54, 1.807) is 18.2 Å². The van der Waals surface area contributed by atoms with E-state index in [2.05, 4.69) is 31.9 Å². The molecule has 1 unspecified atom stereocenters. The molecule has 2 aromatic carbocycles. The van der Waals surface area contributed by atoms with Gasteiger partial charge in [-0.05, 0) is 51.8 Å². The number of halogens is 3. The Bertz CT molecular complexity index is 709. The summed E-state index contributed by atoms with van der Waals surface area (Å²) in [6.07, 6.45) is 0. The van der Waals surface area contributed by atoms with Crippen LogP contribution in [0.4, 0.5) is 4.39 Å². The Hall–Kier alpha value is -1.51. The molecule has 0 amide bonds. The van der Waals surface area contributed by atoms with E-state index in [4.69, 9.17) is 0 Å². The molecule has 0 aliphatic carbocycles. The standard InChI is InChI=1S/C15H8Br2FNO/c16-11-3-1-2-9(6-11)12(8-19)15(20)10-4-5-14(18)13(17)7-10/h1-7,12H. The number of Topliss-reactive ketones (excluding diaryl/α,β-unsaturated/α-hetero) is 1. The van der Waals surface area contributed by atoms with Gasteiger partial charge in [0.1, 0.15) is 11.7 Å². The maximum Gasteiger partial charge on any atom is 0.184 e. The van der Waals surface area contributed by atoms with E-state index in [0.29, 0.717) is 11.1 Å². The van der Waals surface area contributed by atoms with Gasteiger partial charge >= 0.3 is 0 Å². The van der Waals surface area contributed by atoms with Crippen LogP contribution >= 0.6 is 31.9 Å². The Morgan fingerprint density at radius 3 is 2.55 bits per heavy atom. The van der Waals surface area contributed by atoms with Crippen molar-refractivity contribution in [3.8, 4) is 6.07 Å². The number of rotatable bonds is 3. The van der Waals surface area contributed by atoms with Crippen LogP contribution in [0.1, 0.15) is 21.8 Å². The minimum absolute atomic E-state index is 0.203. The average molecular weight is 397 g/mol. The number of nitrogens with zero attached hydrogens (tertiary/aromatic N) is 1. The quantitative estimate of drug-likeness (QED) is 0.696. The highest BCUT2D eigenvalue weighted by Gasteiger charge is 2.22. The first kappa shape index (κ1) is 14.9. The zero-order valence-electron chi connectivity index (χ0n) is 10.1. The third-order valence-corrected chi connectivity index (χ3v) is 3.88. The summed E-state index contributed by atoms with van der Waals surface area (Å²) in [5.41, 5.74) is 0.900. The van der Waals surface area contributed by atoms with Gasteiger partial charge in [-0.3, -0.25) is 4.79 Å². The number of hydrogen-bond acceptors (Lipinski definition) is 2. The highest BCUT2D eigenvalue weighted by molar-refractivity contribution is 9.10. The summed E-state index contributed by atoms with van der Waals surface area (Å²) in [7, 11) is 0. The lowest BCUT2D eigenvalue weighted by Crippen LogP contribution is -2.11. The first-order valence-electron chi connectivity index (χ1n) is 5.67. The van der Waals surface area contributed by atoms with Crippen molar-refractivity contribution in [2.45, 2.75) is 5.92 Å². The molecule has 0 fully saturated rings. The molecule has 0 radical (unpaired) electrons. The first-order chi connectivity index (χ1) is 9.52. The van der Waals surface area contributed by atoms with Crippen molar-refractivity contribution in [2.75, 3.05) is 0 Å². The van der Waals surface area contributed by atoms with Gasteiger partial charge in [0.05, 0.1) is 10.5 Å². The van der Waals surface area contributed by atoms with Gasteiger partial charge in [-0.25, -0.2) is 4.39 Å². The van der Waals surface area contributed by atoms with E-state index >= 15 is 0 Å². The molecule has 1 atom stereocenters. The predicted octanol–water partition coefficient (Wildman–Crippen LogP) is 4.84. The molecule has 0 aromatic heterocycles. The number of hydrogen-bond donors (Lipinski definition) is 0. The van der Waals surface area contributed by atoms with E-state index in [1.807, 2.05) is 12.1 Å². The fourth-order valence-corrected chi connectivity index (χ4v) is 2.58. The number of nitriles is 1. The van der Waals surface area contributed by atoms with Crippen LogP contribution in [0.2, 0.25) is 0 Å². The second-order valence-corrected chi connectivity index (χ2v) is 5.88. The monoisotopic (exact) mass is 395 g/mol. The second-order valence-electron chi connectivity index (χ2n) is 4.11. The van der Waals surface area contributed by atoms with Gasteiger partial charge in [-0.1, -0.05) is 28.1 Å². The predicted molar refractivity (Wildman–Crippen MR) is 80.9 cm³/mol. The molecule has 0 aliphatic heterocycles. The lowest BCUT2D eigenvalue weighted by molar-refractivity contribution is 0.0978. The molecule has 100 valence electrons. The Morgan fingerprint density at radius 2 is 1.95 bits per heavy atom. The maximum absolute atomic E-state index is 13.2. The highest BCUT2D eigenvalue weighted by Crippen LogP contribution is 2.25. The van der Waals surface area contributed by atoms with Crippen molar-refractivity contribution >= 4 is 37.6 Å². The Balaban J connectivity index is 2.39. The molecule has 5 heteroatoms. The van der Waals surface area contributed by atoms with E-state index in [0.717, 1.165) is 4.47 Å². The third-order valence-electron chi connectivity index (χ3n) is 2.78. The van der Waals surface area contributed by atoms with Crippen LogP contribution in [0.5, 0.6) is 0 Å². The topological polar surface area (TPSA) is 40.9 Å². The fraction of sp³-hybridized carbons (Fsp3) is 0.0667. The van der Waals surface area contributed by atoms with Crippen LogP contribution in [0, 0.1) is 17.1 Å². The summed E-state index contributed by atoms with van der Waals surface area (Å²) in [4.78, 5) is 12.4. The zero-order chi connectivity index (χ0) is 14.7. The van der Waals surface area contributed by atoms with Crippen LogP contribution in [0.15, 0.2) is 51.4 Å². The van der Waals surface area contributed by atoms with Crippen LogP contribution in [-0.4, -0.2) is 5.78 Å². The lowest BCUT2D eigenvalue weighted by atomic mass is 9.92. The fourth-order valence-electron chi connectivity index (χ4n) is 1.79. The molecule has 0 saturated carbocycles. The molecule has 0 heterocycles. The summed E-state index contributed by atoms with van der Waals surface area (Å²) < 4.78 is 14.2. The summed E-state index contributed by atoms with van der Waals surface area (Å²) in [5.74, 6) is -1.71. The maximum atomic E-state index is 13.2. The molecule has 0 bridgehead atoms. The molecular weight excluding hydrogens is 389 g/mol. The van der Waals surface area contributed by atoms with Crippen LogP contribution in [0.3, 0.4) is 0 Å². The van der Waals surface area contributed by atoms with Crippen molar-refractivity contribution in [1.82, 2.24) is 0 Å². The minimum atomic E-state index is -0.912. The smallest absolute Gasteiger partial charge is 0.184 e.